The van der Waals surface area contributed by atoms with Crippen LogP contribution in [0.3, 0.4) is 0 Å². The molecule has 1 aromatic rings. The first kappa shape index (κ1) is 16.5. The molecule has 0 radical (unpaired) electrons. The number of benzene rings is 1. The molecule has 1 heterocycles. The maximum Gasteiger partial charge on any atom is 0.325 e. The van der Waals surface area contributed by atoms with E-state index in [2.05, 4.69) is 48.5 Å². The largest absolute Gasteiger partial charge is 0.325 e. The smallest absolute Gasteiger partial charge is 0.324 e. The van der Waals surface area contributed by atoms with Crippen molar-refractivity contribution in [2.75, 3.05) is 20.1 Å². The lowest BCUT2D eigenvalue weighted by Crippen LogP contribution is -2.40. The Morgan fingerprint density at radius 2 is 1.82 bits per heavy atom. The fraction of sp³-hybridized carbons (Fsp3) is 0.529. The molecule has 5 heteroatoms. The fourth-order valence-corrected chi connectivity index (χ4v) is 2.60. The Kier molecular flexibility index (Phi) is 4.86. The highest BCUT2D eigenvalue weighted by Crippen LogP contribution is 2.16. The number of carbonyl (C=O) groups excluding carboxylic acids is 2. The highest BCUT2D eigenvalue weighted by atomic mass is 16.2. The minimum absolute atomic E-state index is 0.140. The highest BCUT2D eigenvalue weighted by Gasteiger charge is 2.43. The monoisotopic (exact) mass is 303 g/mol. The molecule has 0 atom stereocenters. The van der Waals surface area contributed by atoms with Gasteiger partial charge in [-0.15, -0.1) is 0 Å². The predicted molar refractivity (Wildman–Crippen MR) is 86.5 cm³/mol. The van der Waals surface area contributed by atoms with Gasteiger partial charge in [0.2, 0.25) is 0 Å². The van der Waals surface area contributed by atoms with Gasteiger partial charge in [0.1, 0.15) is 5.54 Å². The van der Waals surface area contributed by atoms with Gasteiger partial charge in [-0.25, -0.2) is 4.79 Å². The molecular formula is C17H25N3O2. The number of imide groups is 1. The third kappa shape index (κ3) is 3.85. The molecule has 0 aliphatic carbocycles. The molecule has 22 heavy (non-hydrogen) atoms. The summed E-state index contributed by atoms with van der Waals surface area (Å²) in [6.45, 7) is 7.71. The molecule has 0 spiro atoms. The number of hydrogen-bond acceptors (Lipinski definition) is 3. The van der Waals surface area contributed by atoms with E-state index in [0.717, 1.165) is 19.5 Å². The van der Waals surface area contributed by atoms with E-state index in [4.69, 9.17) is 0 Å². The predicted octanol–water partition coefficient (Wildman–Crippen LogP) is 2.15. The van der Waals surface area contributed by atoms with Crippen LogP contribution in [-0.2, 0) is 11.3 Å². The van der Waals surface area contributed by atoms with Crippen molar-refractivity contribution in [3.8, 4) is 0 Å². The highest BCUT2D eigenvalue weighted by molar-refractivity contribution is 6.06. The number of hydrogen-bond donors (Lipinski definition) is 1. The van der Waals surface area contributed by atoms with Crippen molar-refractivity contribution < 1.29 is 9.59 Å². The van der Waals surface area contributed by atoms with Gasteiger partial charge in [0.05, 0.1) is 0 Å². The molecule has 0 bridgehead atoms. The van der Waals surface area contributed by atoms with Crippen LogP contribution in [0.4, 0.5) is 4.79 Å². The summed E-state index contributed by atoms with van der Waals surface area (Å²) in [5.74, 6) is -0.140. The zero-order chi connectivity index (χ0) is 16.3. The van der Waals surface area contributed by atoms with Crippen LogP contribution in [0.2, 0.25) is 0 Å². The first-order valence-corrected chi connectivity index (χ1v) is 7.68. The molecule has 3 amide bonds. The molecule has 1 aromatic carbocycles. The molecule has 0 unspecified atom stereocenters. The molecule has 1 fully saturated rings. The van der Waals surface area contributed by atoms with Crippen molar-refractivity contribution in [2.24, 2.45) is 0 Å². The summed E-state index contributed by atoms with van der Waals surface area (Å²) in [7, 11) is 2.05. The van der Waals surface area contributed by atoms with Crippen molar-refractivity contribution in [1.29, 1.82) is 0 Å². The van der Waals surface area contributed by atoms with E-state index in [9.17, 15) is 9.59 Å². The molecule has 1 aliphatic heterocycles. The van der Waals surface area contributed by atoms with Crippen LogP contribution >= 0.6 is 0 Å². The van der Waals surface area contributed by atoms with Gasteiger partial charge in [0.15, 0.2) is 0 Å². The van der Waals surface area contributed by atoms with E-state index < -0.39 is 5.54 Å². The lowest BCUT2D eigenvalue weighted by molar-refractivity contribution is -0.130. The van der Waals surface area contributed by atoms with Gasteiger partial charge >= 0.3 is 6.03 Å². The molecule has 1 aliphatic rings. The van der Waals surface area contributed by atoms with Crippen LogP contribution < -0.4 is 5.32 Å². The second kappa shape index (κ2) is 6.48. The third-order valence-corrected chi connectivity index (χ3v) is 3.94. The average molecular weight is 303 g/mol. The summed E-state index contributed by atoms with van der Waals surface area (Å²) in [6, 6.07) is 8.20. The normalized spacial score (nSPS) is 17.2. The van der Waals surface area contributed by atoms with E-state index in [0.29, 0.717) is 6.54 Å². The van der Waals surface area contributed by atoms with Gasteiger partial charge in [0, 0.05) is 13.1 Å². The minimum atomic E-state index is -0.773. The van der Waals surface area contributed by atoms with E-state index in [1.54, 1.807) is 13.8 Å². The van der Waals surface area contributed by atoms with Crippen molar-refractivity contribution in [1.82, 2.24) is 15.1 Å². The first-order chi connectivity index (χ1) is 10.3. The van der Waals surface area contributed by atoms with Gasteiger partial charge in [-0.05, 0) is 46.3 Å². The Bertz CT molecular complexity index is 552. The Labute approximate surface area is 132 Å². The number of aryl methyl sites for hydroxylation is 1. The van der Waals surface area contributed by atoms with Crippen molar-refractivity contribution in [3.63, 3.8) is 0 Å². The topological polar surface area (TPSA) is 52.6 Å². The van der Waals surface area contributed by atoms with Crippen LogP contribution in [0.5, 0.6) is 0 Å². The first-order valence-electron chi connectivity index (χ1n) is 7.68. The second-order valence-electron chi connectivity index (χ2n) is 6.59. The van der Waals surface area contributed by atoms with Gasteiger partial charge in [-0.1, -0.05) is 29.8 Å². The van der Waals surface area contributed by atoms with Gasteiger partial charge in [-0.3, -0.25) is 9.69 Å². The SMILES string of the molecule is Cc1ccc(CN(C)CCCN2C(=O)NC(C)(C)C2=O)cc1. The zero-order valence-corrected chi connectivity index (χ0v) is 13.8. The molecule has 0 aromatic heterocycles. The Morgan fingerprint density at radius 3 is 2.36 bits per heavy atom. The van der Waals surface area contributed by atoms with Crippen LogP contribution in [0, 0.1) is 6.92 Å². The molecular weight excluding hydrogens is 278 g/mol. The average Bonchev–Trinajstić information content (AvgIpc) is 2.63. The number of urea groups is 1. The molecule has 2 rings (SSSR count). The zero-order valence-electron chi connectivity index (χ0n) is 13.8. The van der Waals surface area contributed by atoms with Crippen LogP contribution in [-0.4, -0.2) is 47.4 Å². The summed E-state index contributed by atoms with van der Waals surface area (Å²) in [5, 5.41) is 2.70. The summed E-state index contributed by atoms with van der Waals surface area (Å²) < 4.78 is 0. The summed E-state index contributed by atoms with van der Waals surface area (Å²) in [6.07, 6.45) is 0.775. The van der Waals surface area contributed by atoms with E-state index in [1.165, 1.54) is 16.0 Å². The van der Waals surface area contributed by atoms with E-state index in [-0.39, 0.29) is 11.9 Å². The number of nitrogens with one attached hydrogen (secondary N) is 1. The number of amides is 3. The number of nitrogens with zero attached hydrogens (tertiary/aromatic N) is 2. The lowest BCUT2D eigenvalue weighted by Gasteiger charge is -2.19. The summed E-state index contributed by atoms with van der Waals surface area (Å²) >= 11 is 0. The van der Waals surface area contributed by atoms with Gasteiger partial charge in [0.25, 0.3) is 5.91 Å². The number of rotatable bonds is 6. The minimum Gasteiger partial charge on any atom is -0.324 e. The van der Waals surface area contributed by atoms with E-state index in [1.807, 2.05) is 0 Å². The molecule has 1 saturated heterocycles. The Morgan fingerprint density at radius 1 is 1.18 bits per heavy atom. The standard InChI is InChI=1S/C17H25N3O2/c1-13-6-8-14(9-7-13)12-19(4)10-5-11-20-15(21)17(2,3)18-16(20)22/h6-9H,5,10-12H2,1-4H3,(H,18,22). The molecule has 5 nitrogen and oxygen atoms in total. The maximum absolute atomic E-state index is 12.1. The third-order valence-electron chi connectivity index (χ3n) is 3.94. The van der Waals surface area contributed by atoms with Crippen LogP contribution in [0.1, 0.15) is 31.4 Å². The Hall–Kier alpha value is -1.88. The van der Waals surface area contributed by atoms with Gasteiger partial charge in [-0.2, -0.15) is 0 Å². The summed E-state index contributed by atoms with van der Waals surface area (Å²) in [4.78, 5) is 27.4. The van der Waals surface area contributed by atoms with Crippen molar-refractivity contribution in [3.05, 3.63) is 35.4 Å². The molecule has 1 N–H and O–H groups in total. The quantitative estimate of drug-likeness (QED) is 0.819. The molecule has 0 saturated carbocycles. The van der Waals surface area contributed by atoms with Crippen LogP contribution in [0.25, 0.3) is 0 Å². The van der Waals surface area contributed by atoms with Crippen molar-refractivity contribution in [2.45, 2.75) is 39.3 Å². The Balaban J connectivity index is 1.77. The number of carbonyl (C=O) groups is 2. The van der Waals surface area contributed by atoms with E-state index >= 15 is 0 Å². The van der Waals surface area contributed by atoms with Crippen LogP contribution in [0.15, 0.2) is 24.3 Å². The fourth-order valence-electron chi connectivity index (χ4n) is 2.60. The molecule has 120 valence electrons. The summed E-state index contributed by atoms with van der Waals surface area (Å²) in [5.41, 5.74) is 1.75. The lowest BCUT2D eigenvalue weighted by atomic mass is 10.1. The second-order valence-corrected chi connectivity index (χ2v) is 6.59. The maximum atomic E-state index is 12.1. The van der Waals surface area contributed by atoms with Crippen molar-refractivity contribution >= 4 is 11.9 Å². The van der Waals surface area contributed by atoms with Gasteiger partial charge < -0.3 is 10.2 Å².